The van der Waals surface area contributed by atoms with Crippen molar-refractivity contribution in [3.63, 3.8) is 0 Å². The summed E-state index contributed by atoms with van der Waals surface area (Å²) in [5, 5.41) is 9.25. The number of aromatic nitrogens is 2. The van der Waals surface area contributed by atoms with Crippen LogP contribution in [0, 0.1) is 25.2 Å². The highest BCUT2D eigenvalue weighted by atomic mass is 16.5. The summed E-state index contributed by atoms with van der Waals surface area (Å²) in [6.45, 7) is 6.50. The van der Waals surface area contributed by atoms with Gasteiger partial charge in [-0.05, 0) is 44.5 Å². The van der Waals surface area contributed by atoms with Crippen LogP contribution in [0.25, 0.3) is 11.3 Å². The summed E-state index contributed by atoms with van der Waals surface area (Å²) >= 11 is 0. The second-order valence-corrected chi connectivity index (χ2v) is 4.44. The average Bonchev–Trinajstić information content (AvgIpc) is 2.68. The number of nitrogens with zero attached hydrogens (tertiary/aromatic N) is 3. The van der Waals surface area contributed by atoms with Crippen LogP contribution in [0.4, 0.5) is 0 Å². The van der Waals surface area contributed by atoms with Crippen LogP contribution in [0.15, 0.2) is 18.2 Å². The lowest BCUT2D eigenvalue weighted by Crippen LogP contribution is -1.95. The molecule has 2 rings (SSSR count). The first kappa shape index (κ1) is 13.2. The zero-order valence-electron chi connectivity index (χ0n) is 11.7. The van der Waals surface area contributed by atoms with E-state index in [1.165, 1.54) is 0 Å². The van der Waals surface area contributed by atoms with Crippen molar-refractivity contribution in [2.75, 3.05) is 6.61 Å². The molecule has 0 atom stereocenters. The second kappa shape index (κ2) is 5.15. The molecule has 0 unspecified atom stereocenters. The molecule has 0 fully saturated rings. The number of hydrogen-bond acceptors (Lipinski definition) is 3. The maximum absolute atomic E-state index is 9.25. The first-order valence-electron chi connectivity index (χ1n) is 6.25. The molecule has 1 heterocycles. The third kappa shape index (κ3) is 2.32. The van der Waals surface area contributed by atoms with Gasteiger partial charge in [0.25, 0.3) is 0 Å². The molecular weight excluding hydrogens is 238 g/mol. The Bertz CT molecular complexity index is 650. The molecule has 0 spiro atoms. The van der Waals surface area contributed by atoms with Gasteiger partial charge in [0.15, 0.2) is 0 Å². The minimum absolute atomic E-state index is 0.584. The maximum Gasteiger partial charge on any atom is 0.147 e. The summed E-state index contributed by atoms with van der Waals surface area (Å²) in [6.07, 6.45) is 0. The van der Waals surface area contributed by atoms with Crippen LogP contribution in [0.3, 0.4) is 0 Å². The van der Waals surface area contributed by atoms with E-state index in [0.29, 0.717) is 12.3 Å². The average molecular weight is 255 g/mol. The molecular formula is C15H17N3O. The molecule has 0 aliphatic carbocycles. The number of aryl methyl sites for hydroxylation is 2. The predicted molar refractivity (Wildman–Crippen MR) is 74.0 cm³/mol. The van der Waals surface area contributed by atoms with Crippen molar-refractivity contribution in [3.8, 4) is 23.1 Å². The summed E-state index contributed by atoms with van der Waals surface area (Å²) in [7, 11) is 1.85. The number of rotatable bonds is 3. The van der Waals surface area contributed by atoms with Crippen molar-refractivity contribution in [1.29, 1.82) is 5.26 Å². The minimum atomic E-state index is 0.584. The van der Waals surface area contributed by atoms with Gasteiger partial charge in [-0.25, -0.2) is 4.98 Å². The number of nitriles is 1. The Hall–Kier alpha value is -2.28. The van der Waals surface area contributed by atoms with Gasteiger partial charge in [0, 0.05) is 12.6 Å². The van der Waals surface area contributed by atoms with Crippen LogP contribution >= 0.6 is 0 Å². The molecule has 2 aromatic rings. The molecule has 0 aliphatic rings. The number of benzene rings is 1. The van der Waals surface area contributed by atoms with Gasteiger partial charge in [-0.3, -0.25) is 0 Å². The van der Waals surface area contributed by atoms with Gasteiger partial charge in [0.1, 0.15) is 29.0 Å². The molecule has 19 heavy (non-hydrogen) atoms. The first-order chi connectivity index (χ1) is 9.08. The summed E-state index contributed by atoms with van der Waals surface area (Å²) in [5.74, 6) is 1.70. The molecule has 0 bridgehead atoms. The van der Waals surface area contributed by atoms with Crippen LogP contribution in [0.5, 0.6) is 5.75 Å². The topological polar surface area (TPSA) is 50.8 Å². The van der Waals surface area contributed by atoms with E-state index in [9.17, 15) is 5.26 Å². The Morgan fingerprint density at radius 3 is 2.68 bits per heavy atom. The van der Waals surface area contributed by atoms with Gasteiger partial charge in [0.2, 0.25) is 0 Å². The van der Waals surface area contributed by atoms with Crippen molar-refractivity contribution in [2.45, 2.75) is 20.8 Å². The zero-order valence-corrected chi connectivity index (χ0v) is 11.7. The fourth-order valence-electron chi connectivity index (χ4n) is 2.05. The molecule has 0 saturated carbocycles. The third-order valence-corrected chi connectivity index (χ3v) is 3.17. The van der Waals surface area contributed by atoms with Crippen molar-refractivity contribution < 1.29 is 4.74 Å². The first-order valence-corrected chi connectivity index (χ1v) is 6.25. The van der Waals surface area contributed by atoms with Crippen LogP contribution in [0.2, 0.25) is 0 Å². The van der Waals surface area contributed by atoms with E-state index >= 15 is 0 Å². The molecule has 4 nitrogen and oxygen atoms in total. The largest absolute Gasteiger partial charge is 0.494 e. The highest BCUT2D eigenvalue weighted by Crippen LogP contribution is 2.28. The van der Waals surface area contributed by atoms with Gasteiger partial charge in [-0.15, -0.1) is 0 Å². The van der Waals surface area contributed by atoms with E-state index in [0.717, 1.165) is 28.4 Å². The van der Waals surface area contributed by atoms with Gasteiger partial charge in [-0.2, -0.15) is 5.26 Å². The molecule has 0 N–H and O–H groups in total. The fourth-order valence-corrected chi connectivity index (χ4v) is 2.05. The van der Waals surface area contributed by atoms with Crippen molar-refractivity contribution >= 4 is 0 Å². The smallest absolute Gasteiger partial charge is 0.147 e. The predicted octanol–water partition coefficient (Wildman–Crippen LogP) is 2.97. The van der Waals surface area contributed by atoms with E-state index in [1.807, 2.05) is 46.0 Å². The lowest BCUT2D eigenvalue weighted by Gasteiger charge is -2.08. The van der Waals surface area contributed by atoms with Crippen LogP contribution in [-0.4, -0.2) is 16.2 Å². The molecule has 0 aliphatic heterocycles. The van der Waals surface area contributed by atoms with Gasteiger partial charge >= 0.3 is 0 Å². The summed E-state index contributed by atoms with van der Waals surface area (Å²) < 4.78 is 7.33. The monoisotopic (exact) mass is 255 g/mol. The van der Waals surface area contributed by atoms with E-state index in [2.05, 4.69) is 11.1 Å². The Morgan fingerprint density at radius 2 is 2.11 bits per heavy atom. The Labute approximate surface area is 113 Å². The van der Waals surface area contributed by atoms with Gasteiger partial charge < -0.3 is 9.30 Å². The summed E-state index contributed by atoms with van der Waals surface area (Å²) in [5.41, 5.74) is 3.31. The molecule has 4 heteroatoms. The summed E-state index contributed by atoms with van der Waals surface area (Å²) in [6, 6.07) is 8.09. The molecule has 0 saturated heterocycles. The molecule has 1 aromatic heterocycles. The van der Waals surface area contributed by atoms with Gasteiger partial charge in [-0.1, -0.05) is 0 Å². The molecule has 1 aromatic carbocycles. The SMILES string of the molecule is CCOc1ccc(-c2nc(C)n(C)c2C#N)cc1C. The van der Waals surface area contributed by atoms with E-state index in [1.54, 1.807) is 4.57 Å². The third-order valence-electron chi connectivity index (χ3n) is 3.17. The second-order valence-electron chi connectivity index (χ2n) is 4.44. The standard InChI is InChI=1S/C15H17N3O/c1-5-19-14-7-6-12(8-10(14)2)15-13(9-16)18(4)11(3)17-15/h6-8H,5H2,1-4H3. The lowest BCUT2D eigenvalue weighted by atomic mass is 10.1. The van der Waals surface area contributed by atoms with Crippen molar-refractivity contribution in [1.82, 2.24) is 9.55 Å². The Balaban J connectivity index is 2.52. The van der Waals surface area contributed by atoms with Gasteiger partial charge in [0.05, 0.1) is 6.61 Å². The number of imidazole rings is 1. The van der Waals surface area contributed by atoms with Crippen LogP contribution in [0.1, 0.15) is 24.0 Å². The normalized spacial score (nSPS) is 10.3. The summed E-state index contributed by atoms with van der Waals surface area (Å²) in [4.78, 5) is 4.47. The van der Waals surface area contributed by atoms with Crippen LogP contribution in [-0.2, 0) is 7.05 Å². The van der Waals surface area contributed by atoms with Crippen molar-refractivity contribution in [3.05, 3.63) is 35.3 Å². The highest BCUT2D eigenvalue weighted by molar-refractivity contribution is 5.67. The molecule has 0 amide bonds. The highest BCUT2D eigenvalue weighted by Gasteiger charge is 2.14. The fraction of sp³-hybridized carbons (Fsp3) is 0.333. The Kier molecular flexibility index (Phi) is 3.57. The zero-order chi connectivity index (χ0) is 14.0. The maximum atomic E-state index is 9.25. The Morgan fingerprint density at radius 1 is 1.37 bits per heavy atom. The van der Waals surface area contributed by atoms with E-state index in [-0.39, 0.29) is 0 Å². The van der Waals surface area contributed by atoms with E-state index < -0.39 is 0 Å². The minimum Gasteiger partial charge on any atom is -0.494 e. The van der Waals surface area contributed by atoms with Crippen LogP contribution < -0.4 is 4.74 Å². The lowest BCUT2D eigenvalue weighted by molar-refractivity contribution is 0.338. The van der Waals surface area contributed by atoms with Crippen molar-refractivity contribution in [2.24, 2.45) is 7.05 Å². The number of hydrogen-bond donors (Lipinski definition) is 0. The number of ether oxygens (including phenoxy) is 1. The quantitative estimate of drug-likeness (QED) is 0.847. The van der Waals surface area contributed by atoms with E-state index in [4.69, 9.17) is 4.74 Å². The molecule has 98 valence electrons. The molecule has 0 radical (unpaired) electrons.